The van der Waals surface area contributed by atoms with Gasteiger partial charge in [-0.15, -0.1) is 0 Å². The minimum absolute atomic E-state index is 0.238. The molecule has 0 saturated carbocycles. The molecule has 5 nitrogen and oxygen atoms in total. The number of aromatic nitrogens is 3. The van der Waals surface area contributed by atoms with Crippen LogP contribution in [-0.2, 0) is 0 Å². The molecule has 1 saturated heterocycles. The second-order valence-corrected chi connectivity index (χ2v) is 5.29. The van der Waals surface area contributed by atoms with Crippen molar-refractivity contribution in [3.8, 4) is 0 Å². The molecule has 3 rings (SSSR count). The Kier molecular flexibility index (Phi) is 2.80. The van der Waals surface area contributed by atoms with Crippen LogP contribution in [0.3, 0.4) is 0 Å². The molecule has 0 aliphatic carbocycles. The molecule has 1 aliphatic heterocycles. The van der Waals surface area contributed by atoms with Gasteiger partial charge in [-0.2, -0.15) is 5.10 Å². The van der Waals surface area contributed by atoms with Crippen molar-refractivity contribution in [2.45, 2.75) is 25.3 Å². The molecule has 1 aliphatic rings. The van der Waals surface area contributed by atoms with E-state index in [-0.39, 0.29) is 6.04 Å². The van der Waals surface area contributed by atoms with E-state index in [1.165, 1.54) is 5.69 Å². The number of aryl methyl sites for hydroxylation is 1. The minimum atomic E-state index is 0.238. The number of fused-ring (bicyclic) bond motifs is 1. The first-order valence-corrected chi connectivity index (χ1v) is 6.39. The van der Waals surface area contributed by atoms with E-state index in [9.17, 15) is 0 Å². The van der Waals surface area contributed by atoms with Gasteiger partial charge in [0, 0.05) is 31.2 Å². The van der Waals surface area contributed by atoms with Crippen LogP contribution in [0.15, 0.2) is 18.3 Å². The number of rotatable bonds is 1. The number of imidazole rings is 1. The van der Waals surface area contributed by atoms with Gasteiger partial charge in [-0.1, -0.05) is 0 Å². The van der Waals surface area contributed by atoms with E-state index < -0.39 is 0 Å². The van der Waals surface area contributed by atoms with Crippen molar-refractivity contribution < 1.29 is 0 Å². The number of likely N-dealkylation sites (N-methyl/N-ethyl adjacent to an activating group) is 1. The molecule has 0 radical (unpaired) electrons. The number of hydrogen-bond donors (Lipinski definition) is 1. The Morgan fingerprint density at radius 3 is 3.00 bits per heavy atom. The predicted octanol–water partition coefficient (Wildman–Crippen LogP) is 0.784. The molecule has 0 amide bonds. The lowest BCUT2D eigenvalue weighted by molar-refractivity contribution is 0.223. The first-order chi connectivity index (χ1) is 8.65. The van der Waals surface area contributed by atoms with Crippen molar-refractivity contribution in [2.75, 3.05) is 20.1 Å². The first-order valence-electron chi connectivity index (χ1n) is 6.39. The molecule has 0 aromatic carbocycles. The van der Waals surface area contributed by atoms with E-state index >= 15 is 0 Å². The van der Waals surface area contributed by atoms with Crippen LogP contribution >= 0.6 is 0 Å². The number of nitrogens with two attached hydrogens (primary N) is 1. The topological polar surface area (TPSA) is 59.5 Å². The zero-order valence-electron chi connectivity index (χ0n) is 10.9. The SMILES string of the molecule is Cc1nc2cccnn2c1C1CC(N)CN(C)C1. The molecule has 0 spiro atoms. The molecule has 1 fully saturated rings. The standard InChI is InChI=1S/C13H19N5/c1-9-13(10-6-11(14)8-17(2)7-10)18-12(16-9)4-3-5-15-18/h3-5,10-11H,6-8,14H2,1-2H3. The van der Waals surface area contributed by atoms with Gasteiger partial charge in [0.25, 0.3) is 0 Å². The average molecular weight is 245 g/mol. The third-order valence-corrected chi connectivity index (χ3v) is 3.66. The highest BCUT2D eigenvalue weighted by molar-refractivity contribution is 5.42. The van der Waals surface area contributed by atoms with Gasteiger partial charge in [0.15, 0.2) is 5.65 Å². The van der Waals surface area contributed by atoms with E-state index in [2.05, 4.69) is 29.0 Å². The van der Waals surface area contributed by atoms with Gasteiger partial charge in [-0.3, -0.25) is 0 Å². The van der Waals surface area contributed by atoms with Crippen LogP contribution in [-0.4, -0.2) is 45.7 Å². The van der Waals surface area contributed by atoms with Crippen LogP contribution in [0.2, 0.25) is 0 Å². The van der Waals surface area contributed by atoms with E-state index in [1.807, 2.05) is 22.8 Å². The largest absolute Gasteiger partial charge is 0.327 e. The maximum absolute atomic E-state index is 6.12. The van der Waals surface area contributed by atoms with E-state index in [4.69, 9.17) is 5.73 Å². The van der Waals surface area contributed by atoms with Crippen LogP contribution in [0, 0.1) is 6.92 Å². The third-order valence-electron chi connectivity index (χ3n) is 3.66. The number of hydrogen-bond acceptors (Lipinski definition) is 4. The summed E-state index contributed by atoms with van der Waals surface area (Å²) in [5.74, 6) is 0.420. The van der Waals surface area contributed by atoms with Crippen molar-refractivity contribution in [1.29, 1.82) is 0 Å². The van der Waals surface area contributed by atoms with E-state index in [1.54, 1.807) is 0 Å². The van der Waals surface area contributed by atoms with Gasteiger partial charge in [-0.05, 0) is 32.5 Å². The Labute approximate surface area is 107 Å². The van der Waals surface area contributed by atoms with Gasteiger partial charge in [0.1, 0.15) is 0 Å². The number of piperidine rings is 1. The second-order valence-electron chi connectivity index (χ2n) is 5.29. The zero-order valence-corrected chi connectivity index (χ0v) is 10.9. The van der Waals surface area contributed by atoms with Crippen molar-refractivity contribution in [3.05, 3.63) is 29.7 Å². The molecule has 18 heavy (non-hydrogen) atoms. The van der Waals surface area contributed by atoms with Crippen LogP contribution < -0.4 is 5.73 Å². The molecule has 96 valence electrons. The molecule has 2 aromatic rings. The summed E-state index contributed by atoms with van der Waals surface area (Å²) in [4.78, 5) is 6.87. The fourth-order valence-corrected chi connectivity index (χ4v) is 3.05. The predicted molar refractivity (Wildman–Crippen MR) is 70.6 cm³/mol. The summed E-state index contributed by atoms with van der Waals surface area (Å²) < 4.78 is 1.96. The summed E-state index contributed by atoms with van der Waals surface area (Å²) in [5.41, 5.74) is 9.33. The highest BCUT2D eigenvalue weighted by Gasteiger charge is 2.28. The van der Waals surface area contributed by atoms with Crippen LogP contribution in [0.4, 0.5) is 0 Å². The average Bonchev–Trinajstić information content (AvgIpc) is 2.63. The molecular weight excluding hydrogens is 226 g/mol. The highest BCUT2D eigenvalue weighted by Crippen LogP contribution is 2.28. The summed E-state index contributed by atoms with van der Waals surface area (Å²) in [7, 11) is 2.12. The maximum atomic E-state index is 6.12. The Morgan fingerprint density at radius 2 is 2.22 bits per heavy atom. The molecular formula is C13H19N5. The maximum Gasteiger partial charge on any atom is 0.154 e. The molecule has 5 heteroatoms. The van der Waals surface area contributed by atoms with Crippen LogP contribution in [0.1, 0.15) is 23.7 Å². The molecule has 2 aromatic heterocycles. The molecule has 2 N–H and O–H groups in total. The van der Waals surface area contributed by atoms with E-state index in [0.29, 0.717) is 5.92 Å². The summed E-state index contributed by atoms with van der Waals surface area (Å²) in [6.07, 6.45) is 2.82. The quantitative estimate of drug-likeness (QED) is 0.806. The Morgan fingerprint density at radius 1 is 1.39 bits per heavy atom. The molecule has 2 atom stereocenters. The van der Waals surface area contributed by atoms with Crippen molar-refractivity contribution in [3.63, 3.8) is 0 Å². The van der Waals surface area contributed by atoms with Gasteiger partial charge in [0.05, 0.1) is 11.4 Å². The van der Waals surface area contributed by atoms with Crippen molar-refractivity contribution >= 4 is 5.65 Å². The van der Waals surface area contributed by atoms with Crippen LogP contribution in [0.5, 0.6) is 0 Å². The zero-order chi connectivity index (χ0) is 12.7. The Balaban J connectivity index is 2.05. The van der Waals surface area contributed by atoms with E-state index in [0.717, 1.165) is 30.9 Å². The number of nitrogens with zero attached hydrogens (tertiary/aromatic N) is 4. The summed E-state index contributed by atoms with van der Waals surface area (Å²) in [5, 5.41) is 4.42. The summed E-state index contributed by atoms with van der Waals surface area (Å²) in [6.45, 7) is 4.06. The Hall–Kier alpha value is -1.46. The van der Waals surface area contributed by atoms with Crippen molar-refractivity contribution in [1.82, 2.24) is 19.5 Å². The molecule has 2 unspecified atom stereocenters. The van der Waals surface area contributed by atoms with Crippen LogP contribution in [0.25, 0.3) is 5.65 Å². The normalized spacial score (nSPS) is 25.7. The summed E-state index contributed by atoms with van der Waals surface area (Å²) in [6, 6.07) is 4.16. The monoisotopic (exact) mass is 245 g/mol. The van der Waals surface area contributed by atoms with Crippen molar-refractivity contribution in [2.24, 2.45) is 5.73 Å². The summed E-state index contributed by atoms with van der Waals surface area (Å²) >= 11 is 0. The van der Waals surface area contributed by atoms with Gasteiger partial charge >= 0.3 is 0 Å². The Bertz CT molecular complexity index is 552. The number of likely N-dealkylation sites (tertiary alicyclic amines) is 1. The smallest absolute Gasteiger partial charge is 0.154 e. The van der Waals surface area contributed by atoms with Gasteiger partial charge < -0.3 is 10.6 Å². The lowest BCUT2D eigenvalue weighted by Crippen LogP contribution is -2.44. The first kappa shape index (κ1) is 11.6. The minimum Gasteiger partial charge on any atom is -0.327 e. The third kappa shape index (κ3) is 1.89. The fraction of sp³-hybridized carbons (Fsp3) is 0.538. The molecule has 3 heterocycles. The second kappa shape index (κ2) is 4.33. The van der Waals surface area contributed by atoms with Gasteiger partial charge in [0.2, 0.25) is 0 Å². The van der Waals surface area contributed by atoms with Gasteiger partial charge in [-0.25, -0.2) is 9.50 Å². The highest BCUT2D eigenvalue weighted by atomic mass is 15.3. The lowest BCUT2D eigenvalue weighted by Gasteiger charge is -2.33. The molecule has 0 bridgehead atoms. The fourth-order valence-electron chi connectivity index (χ4n) is 3.05. The lowest BCUT2D eigenvalue weighted by atomic mass is 9.91.